The van der Waals surface area contributed by atoms with E-state index >= 15 is 4.57 Å². The van der Waals surface area contributed by atoms with E-state index in [1.165, 1.54) is 21.7 Å². The Hall–Kier alpha value is -3.15. The molecule has 0 spiro atoms. The van der Waals surface area contributed by atoms with Crippen molar-refractivity contribution in [2.75, 3.05) is 0 Å². The van der Waals surface area contributed by atoms with Crippen molar-refractivity contribution >= 4 is 44.6 Å². The monoisotopic (exact) mass is 390 g/mol. The van der Waals surface area contributed by atoms with Crippen molar-refractivity contribution in [3.63, 3.8) is 0 Å². The average molecular weight is 390 g/mol. The lowest BCUT2D eigenvalue weighted by molar-refractivity contribution is 0.593. The largest absolute Gasteiger partial charge is 0.309 e. The molecule has 5 aromatic rings. The molecule has 0 radical (unpaired) electrons. The summed E-state index contributed by atoms with van der Waals surface area (Å²) < 4.78 is 15.0. The third-order valence-electron chi connectivity index (χ3n) is 6.10. The molecule has 0 aliphatic carbocycles. The van der Waals surface area contributed by atoms with Gasteiger partial charge >= 0.3 is 0 Å². The summed E-state index contributed by atoms with van der Waals surface area (Å²) in [5, 5.41) is 7.56. The first-order chi connectivity index (χ1) is 14.2. The second kappa shape index (κ2) is 5.92. The van der Waals surface area contributed by atoms with E-state index in [9.17, 15) is 0 Å². The molecule has 1 aliphatic rings. The summed E-state index contributed by atoms with van der Waals surface area (Å²) in [6.45, 7) is 2.12. The summed E-state index contributed by atoms with van der Waals surface area (Å²) in [6.07, 6.45) is 0. The van der Waals surface area contributed by atoms with Gasteiger partial charge in [-0.1, -0.05) is 103 Å². The fourth-order valence-corrected chi connectivity index (χ4v) is 8.15. The quantitative estimate of drug-likeness (QED) is 0.252. The van der Waals surface area contributed by atoms with Crippen molar-refractivity contribution in [1.82, 2.24) is 0 Å². The third-order valence-corrected chi connectivity index (χ3v) is 9.29. The van der Waals surface area contributed by atoms with Gasteiger partial charge in [-0.05, 0) is 34.0 Å². The minimum absolute atomic E-state index is 0.906. The van der Waals surface area contributed by atoms with Crippen LogP contribution in [-0.2, 0) is 4.57 Å². The van der Waals surface area contributed by atoms with Crippen LogP contribution in [0.3, 0.4) is 0 Å². The normalized spacial score (nSPS) is 17.4. The zero-order valence-electron chi connectivity index (χ0n) is 16.1. The van der Waals surface area contributed by atoms with Gasteiger partial charge in [0.15, 0.2) is 7.14 Å². The first-order valence-electron chi connectivity index (χ1n) is 9.91. The molecule has 1 nitrogen and oxygen atoms in total. The highest BCUT2D eigenvalue weighted by molar-refractivity contribution is 7.87. The molecule has 1 heterocycles. The van der Waals surface area contributed by atoms with Gasteiger partial charge in [-0.2, -0.15) is 0 Å². The minimum Gasteiger partial charge on any atom is -0.309 e. The molecule has 138 valence electrons. The zero-order valence-corrected chi connectivity index (χ0v) is 17.0. The molecule has 1 unspecified atom stereocenters. The van der Waals surface area contributed by atoms with Gasteiger partial charge in [0.2, 0.25) is 0 Å². The van der Waals surface area contributed by atoms with Crippen LogP contribution >= 0.6 is 7.14 Å². The van der Waals surface area contributed by atoms with Crippen molar-refractivity contribution < 1.29 is 4.57 Å². The Kier molecular flexibility index (Phi) is 3.43. The molecule has 0 N–H and O–H groups in total. The standard InChI is InChI=1S/C27H19OP/c1-18-15-16-22-24(17-18)20-11-5-6-12-21(20)26-23-13-7-8-14-25(23)29(28,27(22)26)19-9-3-2-4-10-19/h2-17H,1H3. The number of benzene rings is 5. The Balaban J connectivity index is 1.92. The fraction of sp³-hybridized carbons (Fsp3) is 0.0370. The van der Waals surface area contributed by atoms with E-state index in [4.69, 9.17) is 0 Å². The minimum atomic E-state index is -2.97. The van der Waals surface area contributed by atoms with E-state index in [0.29, 0.717) is 0 Å². The van der Waals surface area contributed by atoms with E-state index in [2.05, 4.69) is 67.6 Å². The van der Waals surface area contributed by atoms with E-state index < -0.39 is 7.14 Å². The van der Waals surface area contributed by atoms with Gasteiger partial charge in [0.05, 0.1) is 0 Å². The lowest BCUT2D eigenvalue weighted by Gasteiger charge is -2.19. The molecule has 0 aromatic heterocycles. The smallest absolute Gasteiger partial charge is 0.172 e. The highest BCUT2D eigenvalue weighted by atomic mass is 31.2. The van der Waals surface area contributed by atoms with Crippen molar-refractivity contribution in [3.05, 3.63) is 103 Å². The summed E-state index contributed by atoms with van der Waals surface area (Å²) >= 11 is 0. The third kappa shape index (κ3) is 2.14. The van der Waals surface area contributed by atoms with Crippen LogP contribution in [0.4, 0.5) is 0 Å². The molecule has 0 saturated heterocycles. The predicted molar refractivity (Wildman–Crippen MR) is 125 cm³/mol. The van der Waals surface area contributed by atoms with Gasteiger partial charge < -0.3 is 4.57 Å². The van der Waals surface area contributed by atoms with Crippen LogP contribution < -0.4 is 15.9 Å². The molecule has 0 bridgehead atoms. The second-order valence-corrected chi connectivity index (χ2v) is 10.4. The topological polar surface area (TPSA) is 17.1 Å². The molecule has 1 atom stereocenters. The molecule has 29 heavy (non-hydrogen) atoms. The Labute approximate surface area is 170 Å². The van der Waals surface area contributed by atoms with Crippen LogP contribution in [0.2, 0.25) is 0 Å². The first kappa shape index (κ1) is 16.8. The van der Waals surface area contributed by atoms with Crippen molar-refractivity contribution in [2.24, 2.45) is 0 Å². The summed E-state index contributed by atoms with van der Waals surface area (Å²) in [5.41, 5.74) is 3.46. The molecular weight excluding hydrogens is 371 g/mol. The van der Waals surface area contributed by atoms with Crippen LogP contribution in [0.15, 0.2) is 97.1 Å². The molecule has 1 aliphatic heterocycles. The van der Waals surface area contributed by atoms with Gasteiger partial charge in [0.25, 0.3) is 0 Å². The fourth-order valence-electron chi connectivity index (χ4n) is 4.87. The Morgan fingerprint density at radius 1 is 0.621 bits per heavy atom. The SMILES string of the molecule is Cc1ccc2c3c(c4ccccc4c2c1)-c1ccccc1P3(=O)c1ccccc1. The van der Waals surface area contributed by atoms with E-state index in [1.54, 1.807) is 0 Å². The number of hydrogen-bond donors (Lipinski definition) is 0. The molecule has 2 heteroatoms. The van der Waals surface area contributed by atoms with Crippen molar-refractivity contribution in [3.8, 4) is 11.1 Å². The van der Waals surface area contributed by atoms with Crippen LogP contribution in [-0.4, -0.2) is 0 Å². The van der Waals surface area contributed by atoms with Crippen molar-refractivity contribution in [2.45, 2.75) is 6.92 Å². The highest BCUT2D eigenvalue weighted by Crippen LogP contribution is 2.55. The molecule has 0 fully saturated rings. The lowest BCUT2D eigenvalue weighted by atomic mass is 9.92. The summed E-state index contributed by atoms with van der Waals surface area (Å²) in [4.78, 5) is 0. The number of rotatable bonds is 1. The van der Waals surface area contributed by atoms with Gasteiger partial charge in [-0.3, -0.25) is 0 Å². The number of aryl methyl sites for hydroxylation is 1. The Morgan fingerprint density at radius 3 is 2.14 bits per heavy atom. The maximum atomic E-state index is 15.0. The van der Waals surface area contributed by atoms with Gasteiger partial charge in [-0.15, -0.1) is 0 Å². The summed E-state index contributed by atoms with van der Waals surface area (Å²) in [7, 11) is -2.97. The van der Waals surface area contributed by atoms with Gasteiger partial charge in [0, 0.05) is 21.5 Å². The maximum absolute atomic E-state index is 15.0. The number of hydrogen-bond acceptors (Lipinski definition) is 1. The first-order valence-corrected chi connectivity index (χ1v) is 11.6. The van der Waals surface area contributed by atoms with Gasteiger partial charge in [-0.25, -0.2) is 0 Å². The van der Waals surface area contributed by atoms with Crippen LogP contribution in [0.5, 0.6) is 0 Å². The van der Waals surface area contributed by atoms with E-state index in [-0.39, 0.29) is 0 Å². The highest BCUT2D eigenvalue weighted by Gasteiger charge is 2.42. The van der Waals surface area contributed by atoms with E-state index in [1.807, 2.05) is 36.4 Å². The molecule has 6 rings (SSSR count). The summed E-state index contributed by atoms with van der Waals surface area (Å²) in [5.74, 6) is 0. The van der Waals surface area contributed by atoms with Crippen molar-refractivity contribution in [1.29, 1.82) is 0 Å². The number of fused-ring (bicyclic) bond motifs is 8. The van der Waals surface area contributed by atoms with E-state index in [0.717, 1.165) is 32.4 Å². The predicted octanol–water partition coefficient (Wildman–Crippen LogP) is 5.92. The Morgan fingerprint density at radius 2 is 1.31 bits per heavy atom. The molecule has 0 amide bonds. The average Bonchev–Trinajstić information content (AvgIpc) is 3.05. The molecule has 0 saturated carbocycles. The van der Waals surface area contributed by atoms with Gasteiger partial charge in [0.1, 0.15) is 0 Å². The van der Waals surface area contributed by atoms with Crippen LogP contribution in [0.1, 0.15) is 5.56 Å². The lowest BCUT2D eigenvalue weighted by Crippen LogP contribution is -2.21. The second-order valence-electron chi connectivity index (χ2n) is 7.78. The van der Waals surface area contributed by atoms with Crippen LogP contribution in [0.25, 0.3) is 32.7 Å². The Bertz CT molecular complexity index is 1480. The maximum Gasteiger partial charge on any atom is 0.172 e. The zero-order chi connectivity index (χ0) is 19.6. The molecule has 5 aromatic carbocycles. The summed E-state index contributed by atoms with van der Waals surface area (Å²) in [6, 6.07) is 33.3. The van der Waals surface area contributed by atoms with Crippen LogP contribution in [0, 0.1) is 6.92 Å². The molecular formula is C27H19OP.